The monoisotopic (exact) mass is 334 g/mol. The van der Waals surface area contributed by atoms with Crippen molar-refractivity contribution in [3.05, 3.63) is 17.7 Å². The number of esters is 1. The van der Waals surface area contributed by atoms with Gasteiger partial charge in [0.05, 0.1) is 20.4 Å². The van der Waals surface area contributed by atoms with Gasteiger partial charge in [-0.05, 0) is 45.2 Å². The van der Waals surface area contributed by atoms with E-state index in [0.717, 1.165) is 18.4 Å². The number of carbonyl (C=O) groups is 1. The lowest BCUT2D eigenvalue weighted by molar-refractivity contribution is -0.132. The van der Waals surface area contributed by atoms with Crippen molar-refractivity contribution in [2.24, 2.45) is 5.10 Å². The third-order valence-electron chi connectivity index (χ3n) is 4.22. The predicted molar refractivity (Wildman–Crippen MR) is 93.1 cm³/mol. The molecule has 24 heavy (non-hydrogen) atoms. The zero-order valence-corrected chi connectivity index (χ0v) is 15.0. The molecule has 2 rings (SSSR count). The normalized spacial score (nSPS) is 21.0. The second-order valence-electron chi connectivity index (χ2n) is 6.10. The average molecular weight is 334 g/mol. The highest BCUT2D eigenvalue weighted by Gasteiger charge is 2.23. The van der Waals surface area contributed by atoms with Gasteiger partial charge < -0.3 is 14.2 Å². The van der Waals surface area contributed by atoms with Gasteiger partial charge in [0.1, 0.15) is 0 Å². The van der Waals surface area contributed by atoms with Gasteiger partial charge in [0.15, 0.2) is 11.5 Å². The van der Waals surface area contributed by atoms with Gasteiger partial charge in [-0.15, -0.1) is 0 Å². The maximum Gasteiger partial charge on any atom is 0.308 e. The van der Waals surface area contributed by atoms with Crippen molar-refractivity contribution < 1.29 is 19.0 Å². The molecule has 2 atom stereocenters. The second-order valence-corrected chi connectivity index (χ2v) is 6.10. The summed E-state index contributed by atoms with van der Waals surface area (Å²) >= 11 is 0. The van der Waals surface area contributed by atoms with Crippen molar-refractivity contribution in [3.8, 4) is 17.2 Å². The van der Waals surface area contributed by atoms with Crippen LogP contribution in [0.25, 0.3) is 0 Å². The fraction of sp³-hybridized carbons (Fsp3) is 0.556. The molecular weight excluding hydrogens is 308 g/mol. The van der Waals surface area contributed by atoms with E-state index in [1.54, 1.807) is 18.3 Å². The molecule has 1 heterocycles. The minimum atomic E-state index is -0.427. The highest BCUT2D eigenvalue weighted by Crippen LogP contribution is 2.38. The van der Waals surface area contributed by atoms with Gasteiger partial charge in [0, 0.05) is 24.6 Å². The summed E-state index contributed by atoms with van der Waals surface area (Å²) in [6, 6.07) is 4.41. The number of carbonyl (C=O) groups excluding carboxylic acids is 1. The summed E-state index contributed by atoms with van der Waals surface area (Å²) < 4.78 is 15.9. The van der Waals surface area contributed by atoms with Crippen molar-refractivity contribution in [2.45, 2.75) is 52.1 Å². The Morgan fingerprint density at radius 2 is 1.71 bits per heavy atom. The van der Waals surface area contributed by atoms with Crippen LogP contribution < -0.4 is 14.2 Å². The molecule has 1 aromatic rings. The topological polar surface area (TPSA) is 60.4 Å². The third-order valence-corrected chi connectivity index (χ3v) is 4.22. The van der Waals surface area contributed by atoms with Crippen LogP contribution in [0.15, 0.2) is 17.2 Å². The van der Waals surface area contributed by atoms with Gasteiger partial charge in [-0.1, -0.05) is 0 Å². The SMILES string of the molecule is COc1cc(/C=N\N2[C@@H](C)CCC[C@@H]2C)cc(OC)c1OC(C)=O. The van der Waals surface area contributed by atoms with Crippen LogP contribution in [0.2, 0.25) is 0 Å². The van der Waals surface area contributed by atoms with Crippen molar-refractivity contribution in [1.82, 2.24) is 5.01 Å². The molecule has 1 aliphatic rings. The number of methoxy groups -OCH3 is 2. The molecule has 132 valence electrons. The number of nitrogens with zero attached hydrogens (tertiary/aromatic N) is 2. The summed E-state index contributed by atoms with van der Waals surface area (Å²) in [7, 11) is 3.05. The molecule has 1 fully saturated rings. The lowest BCUT2D eigenvalue weighted by Crippen LogP contribution is -2.39. The zero-order valence-electron chi connectivity index (χ0n) is 15.0. The van der Waals surface area contributed by atoms with E-state index < -0.39 is 5.97 Å². The Bertz CT molecular complexity index is 580. The smallest absolute Gasteiger partial charge is 0.308 e. The van der Waals surface area contributed by atoms with Gasteiger partial charge in [-0.3, -0.25) is 9.80 Å². The molecule has 0 aliphatic carbocycles. The van der Waals surface area contributed by atoms with Crippen molar-refractivity contribution in [3.63, 3.8) is 0 Å². The summed E-state index contributed by atoms with van der Waals surface area (Å²) in [4.78, 5) is 11.3. The maximum absolute atomic E-state index is 11.3. The Balaban J connectivity index is 2.30. The van der Waals surface area contributed by atoms with Gasteiger partial charge in [0.25, 0.3) is 0 Å². The predicted octanol–water partition coefficient (Wildman–Crippen LogP) is 3.23. The summed E-state index contributed by atoms with van der Waals surface area (Å²) in [5.74, 6) is 0.727. The molecule has 6 heteroatoms. The van der Waals surface area contributed by atoms with Crippen LogP contribution >= 0.6 is 0 Å². The van der Waals surface area contributed by atoms with Crippen LogP contribution in [0.5, 0.6) is 17.2 Å². The minimum Gasteiger partial charge on any atom is -0.493 e. The van der Waals surface area contributed by atoms with E-state index in [9.17, 15) is 4.79 Å². The van der Waals surface area contributed by atoms with E-state index in [1.165, 1.54) is 27.6 Å². The van der Waals surface area contributed by atoms with Crippen molar-refractivity contribution in [1.29, 1.82) is 0 Å². The number of rotatable bonds is 5. The quantitative estimate of drug-likeness (QED) is 0.470. The van der Waals surface area contributed by atoms with E-state index in [-0.39, 0.29) is 5.75 Å². The Labute approximate surface area is 143 Å². The first-order chi connectivity index (χ1) is 11.5. The molecule has 0 aromatic heterocycles. The molecule has 0 saturated carbocycles. The molecule has 0 spiro atoms. The summed E-state index contributed by atoms with van der Waals surface area (Å²) in [5, 5.41) is 6.79. The first-order valence-electron chi connectivity index (χ1n) is 8.23. The molecular formula is C18H26N2O4. The van der Waals surface area contributed by atoms with Crippen LogP contribution in [-0.2, 0) is 4.79 Å². The Kier molecular flexibility index (Phi) is 6.06. The highest BCUT2D eigenvalue weighted by atomic mass is 16.6. The largest absolute Gasteiger partial charge is 0.493 e. The average Bonchev–Trinajstić information content (AvgIpc) is 2.54. The van der Waals surface area contributed by atoms with Crippen molar-refractivity contribution >= 4 is 12.2 Å². The molecule has 6 nitrogen and oxygen atoms in total. The summed E-state index contributed by atoms with van der Waals surface area (Å²) in [5.41, 5.74) is 0.824. The van der Waals surface area contributed by atoms with Crippen LogP contribution in [0, 0.1) is 0 Å². The minimum absolute atomic E-state index is 0.282. The summed E-state index contributed by atoms with van der Waals surface area (Å²) in [6.07, 6.45) is 5.34. The number of piperidine rings is 1. The summed E-state index contributed by atoms with van der Waals surface area (Å²) in [6.45, 7) is 5.73. The van der Waals surface area contributed by atoms with E-state index in [0.29, 0.717) is 23.6 Å². The lowest BCUT2D eigenvalue weighted by atomic mass is 10.00. The van der Waals surface area contributed by atoms with Crippen molar-refractivity contribution in [2.75, 3.05) is 14.2 Å². The van der Waals surface area contributed by atoms with E-state index in [1.807, 2.05) is 0 Å². The molecule has 0 unspecified atom stereocenters. The number of benzene rings is 1. The Morgan fingerprint density at radius 1 is 1.17 bits per heavy atom. The van der Waals surface area contributed by atoms with E-state index in [2.05, 4.69) is 24.0 Å². The van der Waals surface area contributed by atoms with Crippen LogP contribution in [0.3, 0.4) is 0 Å². The van der Waals surface area contributed by atoms with Crippen LogP contribution in [0.1, 0.15) is 45.6 Å². The van der Waals surface area contributed by atoms with Gasteiger partial charge in [-0.25, -0.2) is 0 Å². The van der Waals surface area contributed by atoms with Gasteiger partial charge in [-0.2, -0.15) is 5.10 Å². The molecule has 1 aliphatic heterocycles. The second kappa shape index (κ2) is 8.04. The number of hydrazone groups is 1. The molecule has 0 radical (unpaired) electrons. The first kappa shape index (κ1) is 18.1. The molecule has 0 amide bonds. The molecule has 0 N–H and O–H groups in total. The fourth-order valence-corrected chi connectivity index (χ4v) is 2.99. The standard InChI is InChI=1S/C18H26N2O4/c1-12-7-6-8-13(2)20(12)19-11-15-9-16(22-4)18(24-14(3)21)17(10-15)23-5/h9-13H,6-8H2,1-5H3/b19-11-/t12-,13-/m0/s1. The van der Waals surface area contributed by atoms with Gasteiger partial charge >= 0.3 is 5.97 Å². The van der Waals surface area contributed by atoms with E-state index in [4.69, 9.17) is 14.2 Å². The van der Waals surface area contributed by atoms with E-state index >= 15 is 0 Å². The number of hydrogen-bond donors (Lipinski definition) is 0. The number of ether oxygens (including phenoxy) is 3. The first-order valence-corrected chi connectivity index (χ1v) is 8.23. The van der Waals surface area contributed by atoms with Crippen LogP contribution in [-0.4, -0.2) is 43.5 Å². The fourth-order valence-electron chi connectivity index (χ4n) is 2.99. The molecule has 1 aromatic carbocycles. The Morgan fingerprint density at radius 3 is 2.17 bits per heavy atom. The van der Waals surface area contributed by atoms with Crippen LogP contribution in [0.4, 0.5) is 0 Å². The number of hydrogen-bond acceptors (Lipinski definition) is 6. The zero-order chi connectivity index (χ0) is 17.7. The molecule has 0 bridgehead atoms. The van der Waals surface area contributed by atoms with Gasteiger partial charge in [0.2, 0.25) is 5.75 Å². The Hall–Kier alpha value is -2.24. The lowest BCUT2D eigenvalue weighted by Gasteiger charge is -2.36. The molecule has 1 saturated heterocycles. The maximum atomic E-state index is 11.3. The highest BCUT2D eigenvalue weighted by molar-refractivity contribution is 5.83. The third kappa shape index (κ3) is 4.19.